The molecule has 0 bridgehead atoms. The van der Waals surface area contributed by atoms with E-state index in [1.54, 1.807) is 6.07 Å². The molecule has 1 aliphatic rings. The monoisotopic (exact) mass is 357 g/mol. The highest BCUT2D eigenvalue weighted by atomic mass is 35.5. The van der Waals surface area contributed by atoms with Crippen molar-refractivity contribution in [3.05, 3.63) is 57.9 Å². The molecule has 0 spiro atoms. The fourth-order valence-electron chi connectivity index (χ4n) is 2.97. The molecule has 0 radical (unpaired) electrons. The Balaban J connectivity index is 1.66. The third-order valence-electron chi connectivity index (χ3n) is 4.41. The third-order valence-corrected chi connectivity index (χ3v) is 4.63. The quantitative estimate of drug-likeness (QED) is 0.824. The smallest absolute Gasteiger partial charge is 0.224 e. The van der Waals surface area contributed by atoms with Gasteiger partial charge in [-0.15, -0.1) is 0 Å². The number of benzene rings is 1. The van der Waals surface area contributed by atoms with Crippen LogP contribution in [-0.4, -0.2) is 16.8 Å². The summed E-state index contributed by atoms with van der Waals surface area (Å²) in [4.78, 5) is 27.9. The molecule has 3 rings (SSSR count). The molecular weight excluding hydrogens is 338 g/mol. The van der Waals surface area contributed by atoms with Gasteiger partial charge in [-0.1, -0.05) is 29.8 Å². The topological polar surface area (TPSA) is 71.1 Å². The second kappa shape index (κ2) is 7.23. The largest absolute Gasteiger partial charge is 0.349 e. The summed E-state index contributed by atoms with van der Waals surface area (Å²) in [5.41, 5.74) is 4.62. The van der Waals surface area contributed by atoms with Crippen molar-refractivity contribution in [2.45, 2.75) is 39.2 Å². The van der Waals surface area contributed by atoms with Crippen molar-refractivity contribution in [2.24, 2.45) is 0 Å². The number of pyridine rings is 1. The molecule has 6 heteroatoms. The van der Waals surface area contributed by atoms with Crippen molar-refractivity contribution >= 4 is 29.1 Å². The van der Waals surface area contributed by atoms with E-state index in [1.165, 1.54) is 0 Å². The van der Waals surface area contributed by atoms with Crippen LogP contribution >= 0.6 is 11.6 Å². The zero-order chi connectivity index (χ0) is 18.0. The first-order valence-electron chi connectivity index (χ1n) is 8.26. The Hall–Kier alpha value is -2.40. The van der Waals surface area contributed by atoms with Gasteiger partial charge in [0, 0.05) is 17.8 Å². The Morgan fingerprint density at radius 2 is 2.12 bits per heavy atom. The lowest BCUT2D eigenvalue weighted by Crippen LogP contribution is -2.28. The van der Waals surface area contributed by atoms with Gasteiger partial charge in [0.15, 0.2) is 0 Å². The van der Waals surface area contributed by atoms with E-state index in [0.717, 1.165) is 34.5 Å². The zero-order valence-corrected chi connectivity index (χ0v) is 15.0. The molecule has 1 atom stereocenters. The number of nitrogens with zero attached hydrogens (tertiary/aromatic N) is 1. The Kier molecular flexibility index (Phi) is 5.04. The van der Waals surface area contributed by atoms with Gasteiger partial charge < -0.3 is 10.6 Å². The number of hydrogen-bond donors (Lipinski definition) is 2. The van der Waals surface area contributed by atoms with Gasteiger partial charge in [-0.05, 0) is 49.1 Å². The fourth-order valence-corrected chi connectivity index (χ4v) is 3.16. The van der Waals surface area contributed by atoms with Crippen LogP contribution in [0.5, 0.6) is 0 Å². The number of nitrogens with one attached hydrogen (secondary N) is 2. The average molecular weight is 358 g/mol. The highest BCUT2D eigenvalue weighted by Gasteiger charge is 2.17. The van der Waals surface area contributed by atoms with Gasteiger partial charge >= 0.3 is 0 Å². The molecule has 0 fully saturated rings. The second-order valence-corrected chi connectivity index (χ2v) is 6.70. The van der Waals surface area contributed by atoms with Crippen molar-refractivity contribution < 1.29 is 9.59 Å². The Morgan fingerprint density at radius 1 is 1.32 bits per heavy atom. The van der Waals surface area contributed by atoms with Gasteiger partial charge in [0.1, 0.15) is 5.15 Å². The first-order valence-corrected chi connectivity index (χ1v) is 8.64. The summed E-state index contributed by atoms with van der Waals surface area (Å²) in [6, 6.07) is 9.29. The molecule has 0 saturated carbocycles. The van der Waals surface area contributed by atoms with Gasteiger partial charge in [-0.3, -0.25) is 9.59 Å². The number of fused-ring (bicyclic) bond motifs is 1. The number of anilines is 1. The lowest BCUT2D eigenvalue weighted by molar-refractivity contribution is -0.121. The minimum Gasteiger partial charge on any atom is -0.349 e. The van der Waals surface area contributed by atoms with Crippen molar-refractivity contribution in [2.75, 3.05) is 5.32 Å². The van der Waals surface area contributed by atoms with E-state index in [4.69, 9.17) is 11.6 Å². The summed E-state index contributed by atoms with van der Waals surface area (Å²) in [5, 5.41) is 6.31. The minimum absolute atomic E-state index is 0.0496. The van der Waals surface area contributed by atoms with Gasteiger partial charge in [0.2, 0.25) is 11.8 Å². The predicted octanol–water partition coefficient (Wildman–Crippen LogP) is 3.35. The molecule has 2 aromatic rings. The highest BCUT2D eigenvalue weighted by Crippen LogP contribution is 2.26. The Labute approximate surface area is 151 Å². The number of carbonyl (C=O) groups is 2. The Morgan fingerprint density at radius 3 is 2.88 bits per heavy atom. The standard InChI is InChI=1S/C19H20ClN3O2/c1-11-14(4-7-17(20)21-11)10-19(25)22-12(2)13-3-6-16-15(9-13)5-8-18(24)23-16/h3-4,6-7,9,12H,5,8,10H2,1-2H3,(H,22,25)(H,23,24). The second-order valence-electron chi connectivity index (χ2n) is 6.31. The van der Waals surface area contributed by atoms with Crippen LogP contribution in [0.15, 0.2) is 30.3 Å². The number of carbonyl (C=O) groups excluding carboxylic acids is 2. The number of aryl methyl sites for hydroxylation is 2. The lowest BCUT2D eigenvalue weighted by Gasteiger charge is -2.20. The maximum Gasteiger partial charge on any atom is 0.224 e. The van der Waals surface area contributed by atoms with Crippen LogP contribution in [0.4, 0.5) is 5.69 Å². The average Bonchev–Trinajstić information content (AvgIpc) is 2.56. The summed E-state index contributed by atoms with van der Waals surface area (Å²) in [6.07, 6.45) is 1.49. The molecule has 1 aromatic carbocycles. The van der Waals surface area contributed by atoms with Gasteiger partial charge in [0.05, 0.1) is 12.5 Å². The SMILES string of the molecule is Cc1nc(Cl)ccc1CC(=O)NC(C)c1ccc2c(c1)CCC(=O)N2. The molecule has 0 aliphatic carbocycles. The first kappa shape index (κ1) is 17.4. The predicted molar refractivity (Wildman–Crippen MR) is 97.6 cm³/mol. The lowest BCUT2D eigenvalue weighted by atomic mass is 9.97. The van der Waals surface area contributed by atoms with E-state index in [1.807, 2.05) is 32.0 Å². The number of amides is 2. The molecule has 0 saturated heterocycles. The molecule has 130 valence electrons. The molecule has 1 unspecified atom stereocenters. The Bertz CT molecular complexity index is 835. The summed E-state index contributed by atoms with van der Waals surface area (Å²) in [5.74, 6) is -0.0145. The summed E-state index contributed by atoms with van der Waals surface area (Å²) in [7, 11) is 0. The van der Waals surface area contributed by atoms with Crippen LogP contribution in [0, 0.1) is 6.92 Å². The van der Waals surface area contributed by atoms with E-state index < -0.39 is 0 Å². The van der Waals surface area contributed by atoms with Crippen molar-refractivity contribution in [3.63, 3.8) is 0 Å². The van der Waals surface area contributed by atoms with Crippen LogP contribution in [0.3, 0.4) is 0 Å². The van der Waals surface area contributed by atoms with Crippen LogP contribution in [0.25, 0.3) is 0 Å². The molecule has 25 heavy (non-hydrogen) atoms. The molecule has 1 aliphatic heterocycles. The summed E-state index contributed by atoms with van der Waals surface area (Å²) >= 11 is 5.85. The third kappa shape index (κ3) is 4.17. The van der Waals surface area contributed by atoms with Crippen molar-refractivity contribution in [1.29, 1.82) is 0 Å². The van der Waals surface area contributed by atoms with Crippen LogP contribution < -0.4 is 10.6 Å². The molecule has 1 aromatic heterocycles. The molecule has 2 amide bonds. The number of hydrogen-bond acceptors (Lipinski definition) is 3. The van der Waals surface area contributed by atoms with Gasteiger partial charge in [-0.2, -0.15) is 0 Å². The van der Waals surface area contributed by atoms with Crippen molar-refractivity contribution in [3.8, 4) is 0 Å². The summed E-state index contributed by atoms with van der Waals surface area (Å²) < 4.78 is 0. The molecule has 2 heterocycles. The van der Waals surface area contributed by atoms with E-state index >= 15 is 0 Å². The maximum absolute atomic E-state index is 12.3. The number of halogens is 1. The van der Waals surface area contributed by atoms with E-state index in [-0.39, 0.29) is 24.3 Å². The van der Waals surface area contributed by atoms with E-state index in [2.05, 4.69) is 21.7 Å². The maximum atomic E-state index is 12.3. The summed E-state index contributed by atoms with van der Waals surface area (Å²) in [6.45, 7) is 3.80. The molecule has 2 N–H and O–H groups in total. The van der Waals surface area contributed by atoms with E-state index in [0.29, 0.717) is 11.6 Å². The van der Waals surface area contributed by atoms with Crippen LogP contribution in [-0.2, 0) is 22.4 Å². The zero-order valence-electron chi connectivity index (χ0n) is 14.2. The minimum atomic E-state index is -0.115. The molecular formula is C19H20ClN3O2. The van der Waals surface area contributed by atoms with E-state index in [9.17, 15) is 9.59 Å². The van der Waals surface area contributed by atoms with Gasteiger partial charge in [-0.25, -0.2) is 4.98 Å². The van der Waals surface area contributed by atoms with Crippen LogP contribution in [0.1, 0.15) is 41.8 Å². The first-order chi connectivity index (χ1) is 11.9. The number of rotatable bonds is 4. The molecule has 5 nitrogen and oxygen atoms in total. The highest BCUT2D eigenvalue weighted by molar-refractivity contribution is 6.29. The van der Waals surface area contributed by atoms with Gasteiger partial charge in [0.25, 0.3) is 0 Å². The number of aromatic nitrogens is 1. The fraction of sp³-hybridized carbons (Fsp3) is 0.316. The normalized spacial score (nSPS) is 14.4. The van der Waals surface area contributed by atoms with Crippen molar-refractivity contribution in [1.82, 2.24) is 10.3 Å². The van der Waals surface area contributed by atoms with Crippen LogP contribution in [0.2, 0.25) is 5.15 Å².